The van der Waals surface area contributed by atoms with Gasteiger partial charge in [-0.15, -0.1) is 11.3 Å². The van der Waals surface area contributed by atoms with Gasteiger partial charge in [0.25, 0.3) is 0 Å². The van der Waals surface area contributed by atoms with Crippen LogP contribution in [-0.2, 0) is 22.5 Å². The molecule has 0 saturated heterocycles. The lowest BCUT2D eigenvalue weighted by Crippen LogP contribution is -2.44. The molecular formula is C27H30N2O5S. The average molecular weight is 495 g/mol. The summed E-state index contributed by atoms with van der Waals surface area (Å²) in [5.74, 6) is 0.781. The van der Waals surface area contributed by atoms with Crippen molar-refractivity contribution in [2.24, 2.45) is 0 Å². The van der Waals surface area contributed by atoms with E-state index in [0.717, 1.165) is 29.0 Å². The van der Waals surface area contributed by atoms with E-state index in [-0.39, 0.29) is 12.5 Å². The third-order valence-corrected chi connectivity index (χ3v) is 7.30. The summed E-state index contributed by atoms with van der Waals surface area (Å²) in [5, 5.41) is 3.50. The fourth-order valence-electron chi connectivity index (χ4n) is 4.21. The summed E-state index contributed by atoms with van der Waals surface area (Å²) < 4.78 is 16.1. The first kappa shape index (κ1) is 24.8. The number of rotatable bonds is 8. The van der Waals surface area contributed by atoms with Gasteiger partial charge in [-0.2, -0.15) is 0 Å². The van der Waals surface area contributed by atoms with Gasteiger partial charge in [-0.25, -0.2) is 4.79 Å². The van der Waals surface area contributed by atoms with Gasteiger partial charge < -0.3 is 19.5 Å². The average Bonchev–Trinajstić information content (AvgIpc) is 3.31. The first-order valence-electron chi connectivity index (χ1n) is 11.6. The summed E-state index contributed by atoms with van der Waals surface area (Å²) in [5.41, 5.74) is 3.66. The number of carbonyl (C=O) groups excluding carboxylic acids is 2. The lowest BCUT2D eigenvalue weighted by molar-refractivity contribution is -0.121. The number of amides is 1. The molecule has 0 aliphatic carbocycles. The van der Waals surface area contributed by atoms with Crippen LogP contribution in [0.25, 0.3) is 10.4 Å². The van der Waals surface area contributed by atoms with Gasteiger partial charge in [0.05, 0.1) is 32.4 Å². The molecule has 0 unspecified atom stereocenters. The molecule has 1 aromatic heterocycles. The molecule has 3 aromatic rings. The summed E-state index contributed by atoms with van der Waals surface area (Å²) >= 11 is 1.38. The fourth-order valence-corrected chi connectivity index (χ4v) is 5.26. The largest absolute Gasteiger partial charge is 0.493 e. The second kappa shape index (κ2) is 10.9. The topological polar surface area (TPSA) is 77.1 Å². The van der Waals surface area contributed by atoms with Crippen molar-refractivity contribution in [3.63, 3.8) is 0 Å². The number of thiophene rings is 1. The first-order chi connectivity index (χ1) is 16.9. The molecule has 1 aliphatic heterocycles. The second-order valence-electron chi connectivity index (χ2n) is 8.30. The van der Waals surface area contributed by atoms with Crippen LogP contribution in [0.15, 0.2) is 48.5 Å². The number of nitrogens with zero attached hydrogens (tertiary/aromatic N) is 1. The molecule has 8 heteroatoms. The van der Waals surface area contributed by atoms with E-state index >= 15 is 0 Å². The zero-order valence-corrected chi connectivity index (χ0v) is 21.2. The van der Waals surface area contributed by atoms with Crippen LogP contribution in [0, 0.1) is 0 Å². The van der Waals surface area contributed by atoms with Crippen molar-refractivity contribution in [1.82, 2.24) is 4.90 Å². The maximum absolute atomic E-state index is 13.3. The minimum absolute atomic E-state index is 0.166. The molecule has 0 saturated carbocycles. The van der Waals surface area contributed by atoms with Crippen molar-refractivity contribution >= 4 is 28.2 Å². The zero-order chi connectivity index (χ0) is 24.9. The molecule has 184 valence electrons. The molecule has 4 rings (SSSR count). The summed E-state index contributed by atoms with van der Waals surface area (Å²) in [7, 11) is 3.25. The minimum Gasteiger partial charge on any atom is -0.493 e. The number of anilines is 1. The zero-order valence-electron chi connectivity index (χ0n) is 20.4. The highest BCUT2D eigenvalue weighted by Crippen LogP contribution is 2.37. The highest BCUT2D eigenvalue weighted by molar-refractivity contribution is 7.20. The number of carbonyl (C=O) groups is 2. The molecule has 1 aliphatic rings. The van der Waals surface area contributed by atoms with Crippen molar-refractivity contribution in [3.8, 4) is 21.9 Å². The van der Waals surface area contributed by atoms with E-state index in [1.54, 1.807) is 27.2 Å². The summed E-state index contributed by atoms with van der Waals surface area (Å²) in [4.78, 5) is 28.9. The number of hydrogen-bond donors (Lipinski definition) is 1. The number of benzene rings is 2. The van der Waals surface area contributed by atoms with Gasteiger partial charge in [-0.3, -0.25) is 9.69 Å². The Kier molecular flexibility index (Phi) is 7.73. The Hall–Kier alpha value is -3.36. The van der Waals surface area contributed by atoms with Crippen molar-refractivity contribution < 1.29 is 23.8 Å². The number of methoxy groups -OCH3 is 2. The van der Waals surface area contributed by atoms with Gasteiger partial charge in [-0.05, 0) is 55.2 Å². The van der Waals surface area contributed by atoms with Gasteiger partial charge in [0, 0.05) is 18.0 Å². The maximum Gasteiger partial charge on any atom is 0.341 e. The number of fused-ring (bicyclic) bond motifs is 1. The van der Waals surface area contributed by atoms with Crippen LogP contribution < -0.4 is 14.8 Å². The van der Waals surface area contributed by atoms with E-state index in [0.29, 0.717) is 28.6 Å². The monoisotopic (exact) mass is 494 g/mol. The Labute approximate surface area is 209 Å². The summed E-state index contributed by atoms with van der Waals surface area (Å²) in [6.45, 7) is 5.27. The Morgan fingerprint density at radius 3 is 2.40 bits per heavy atom. The Balaban J connectivity index is 1.53. The normalized spacial score (nSPS) is 14.1. The van der Waals surface area contributed by atoms with Crippen molar-refractivity contribution in [2.75, 3.05) is 32.7 Å². The van der Waals surface area contributed by atoms with Crippen molar-refractivity contribution in [3.05, 3.63) is 65.2 Å². The van der Waals surface area contributed by atoms with Gasteiger partial charge in [0.1, 0.15) is 5.00 Å². The summed E-state index contributed by atoms with van der Waals surface area (Å²) in [6.07, 6.45) is 0.804. The molecular weight excluding hydrogens is 464 g/mol. The highest BCUT2D eigenvalue weighted by atomic mass is 32.1. The molecule has 35 heavy (non-hydrogen) atoms. The molecule has 1 amide bonds. The lowest BCUT2D eigenvalue weighted by atomic mass is 9.97. The second-order valence-corrected chi connectivity index (χ2v) is 9.35. The van der Waals surface area contributed by atoms with Gasteiger partial charge in [0.15, 0.2) is 11.5 Å². The molecule has 2 heterocycles. The number of ether oxygens (including phenoxy) is 3. The molecule has 0 spiro atoms. The molecule has 0 bridgehead atoms. The minimum atomic E-state index is -0.443. The van der Waals surface area contributed by atoms with Gasteiger partial charge in [-0.1, -0.05) is 30.3 Å². The predicted octanol–water partition coefficient (Wildman–Crippen LogP) is 4.99. The smallest absolute Gasteiger partial charge is 0.341 e. The lowest BCUT2D eigenvalue weighted by Gasteiger charge is -2.33. The maximum atomic E-state index is 13.3. The Morgan fingerprint density at radius 2 is 1.74 bits per heavy atom. The van der Waals surface area contributed by atoms with Crippen LogP contribution in [0.3, 0.4) is 0 Å². The quantitative estimate of drug-likeness (QED) is 0.445. The molecule has 0 radical (unpaired) electrons. The van der Waals surface area contributed by atoms with E-state index in [4.69, 9.17) is 14.2 Å². The fraction of sp³-hybridized carbons (Fsp3) is 0.333. The van der Waals surface area contributed by atoms with Crippen molar-refractivity contribution in [2.45, 2.75) is 32.9 Å². The number of esters is 1. The van der Waals surface area contributed by atoms with Crippen molar-refractivity contribution in [1.29, 1.82) is 0 Å². The standard InChI is InChI=1S/C27H30N2O5S/c1-5-34-27(31)21-15-24(18-9-7-6-8-10-18)35-26(21)28-25(30)17(2)29-12-11-19-13-22(32-3)23(33-4)14-20(19)16-29/h6-10,13-15,17H,5,11-12,16H2,1-4H3,(H,28,30)/t17-/m1/s1. The van der Waals surface area contributed by atoms with Crippen LogP contribution in [-0.4, -0.2) is 50.2 Å². The van der Waals surface area contributed by atoms with Crippen LogP contribution in [0.2, 0.25) is 0 Å². The van der Waals surface area contributed by atoms with Gasteiger partial charge >= 0.3 is 5.97 Å². The third kappa shape index (κ3) is 5.33. The van der Waals surface area contributed by atoms with E-state index in [9.17, 15) is 9.59 Å². The van der Waals surface area contributed by atoms with Crippen LogP contribution >= 0.6 is 11.3 Å². The number of hydrogen-bond acceptors (Lipinski definition) is 7. The molecule has 1 atom stereocenters. The van der Waals surface area contributed by atoms with Crippen LogP contribution in [0.1, 0.15) is 35.3 Å². The first-order valence-corrected chi connectivity index (χ1v) is 12.4. The van der Waals surface area contributed by atoms with E-state index < -0.39 is 12.0 Å². The molecule has 0 fully saturated rings. The van der Waals surface area contributed by atoms with E-state index in [1.807, 2.05) is 49.4 Å². The Morgan fingerprint density at radius 1 is 1.06 bits per heavy atom. The van der Waals surface area contributed by atoms with Crippen LogP contribution in [0.4, 0.5) is 5.00 Å². The number of nitrogens with one attached hydrogen (secondary N) is 1. The van der Waals surface area contributed by atoms with E-state index in [1.165, 1.54) is 16.9 Å². The summed E-state index contributed by atoms with van der Waals surface area (Å²) in [6, 6.07) is 15.2. The third-order valence-electron chi connectivity index (χ3n) is 6.20. The van der Waals surface area contributed by atoms with E-state index in [2.05, 4.69) is 10.2 Å². The predicted molar refractivity (Wildman–Crippen MR) is 137 cm³/mol. The van der Waals surface area contributed by atoms with Gasteiger partial charge in [0.2, 0.25) is 5.91 Å². The van der Waals surface area contributed by atoms with Crippen LogP contribution in [0.5, 0.6) is 11.5 Å². The molecule has 2 aromatic carbocycles. The Bertz CT molecular complexity index is 1210. The molecule has 7 nitrogen and oxygen atoms in total. The SMILES string of the molecule is CCOC(=O)c1cc(-c2ccccc2)sc1NC(=O)[C@@H](C)N1CCc2cc(OC)c(OC)cc2C1. The molecule has 1 N–H and O–H groups in total. The highest BCUT2D eigenvalue weighted by Gasteiger charge is 2.28.